The second-order valence-corrected chi connectivity index (χ2v) is 9.91. The summed E-state index contributed by atoms with van der Waals surface area (Å²) < 4.78 is 9.59. The number of aromatic nitrogens is 3. The molecule has 0 aliphatic carbocycles. The van der Waals surface area contributed by atoms with E-state index in [4.69, 9.17) is 9.72 Å². The van der Waals surface area contributed by atoms with Gasteiger partial charge in [0.05, 0.1) is 24.2 Å². The standard InChI is InChI=1S/C25H31N5O2/c1-18-5-6-19-20(26-18)7-8-21-24(19)27-22(9-11-29-10-3-2-4-23(29)31)30(21)13-12-28-14-25(15-28)16-32-17-25/h2-4,7-8,10,18,26H,5-6,9,11-17H2,1H3/t18-/m0/s1. The minimum atomic E-state index is 0.0410. The number of anilines is 1. The van der Waals surface area contributed by atoms with Gasteiger partial charge in [0.15, 0.2) is 0 Å². The van der Waals surface area contributed by atoms with E-state index in [2.05, 4.69) is 33.8 Å². The maximum Gasteiger partial charge on any atom is 0.250 e. The van der Waals surface area contributed by atoms with Crippen LogP contribution < -0.4 is 10.9 Å². The Labute approximate surface area is 188 Å². The number of aryl methyl sites for hydroxylation is 3. The molecule has 1 N–H and O–H groups in total. The monoisotopic (exact) mass is 433 g/mol. The maximum atomic E-state index is 12.2. The van der Waals surface area contributed by atoms with E-state index in [-0.39, 0.29) is 5.56 Å². The number of pyridine rings is 1. The molecule has 2 aromatic heterocycles. The van der Waals surface area contributed by atoms with Crippen LogP contribution in [-0.4, -0.2) is 57.9 Å². The summed E-state index contributed by atoms with van der Waals surface area (Å²) in [6, 6.07) is 10.3. The lowest BCUT2D eigenvalue weighted by molar-refractivity contribution is -0.189. The van der Waals surface area contributed by atoms with Gasteiger partial charge in [0.25, 0.3) is 5.56 Å². The number of fused-ring (bicyclic) bond motifs is 3. The first kappa shape index (κ1) is 20.0. The second kappa shape index (κ2) is 7.74. The van der Waals surface area contributed by atoms with Gasteiger partial charge in [-0.25, -0.2) is 4.98 Å². The molecule has 6 rings (SSSR count). The van der Waals surface area contributed by atoms with Gasteiger partial charge in [0, 0.05) is 74.1 Å². The summed E-state index contributed by atoms with van der Waals surface area (Å²) in [5, 5.41) is 3.62. The molecule has 7 heteroatoms. The Hall–Kier alpha value is -2.64. The maximum absolute atomic E-state index is 12.2. The summed E-state index contributed by atoms with van der Waals surface area (Å²) in [5.41, 5.74) is 5.39. The molecule has 1 atom stereocenters. The molecule has 5 heterocycles. The van der Waals surface area contributed by atoms with Crippen LogP contribution in [-0.2, 0) is 30.7 Å². The molecule has 0 saturated carbocycles. The Morgan fingerprint density at radius 2 is 2.03 bits per heavy atom. The summed E-state index contributed by atoms with van der Waals surface area (Å²) in [4.78, 5) is 19.9. The Kier molecular flexibility index (Phi) is 4.84. The van der Waals surface area contributed by atoms with E-state index >= 15 is 0 Å². The molecule has 0 amide bonds. The van der Waals surface area contributed by atoms with Gasteiger partial charge in [-0.15, -0.1) is 0 Å². The summed E-state index contributed by atoms with van der Waals surface area (Å²) in [6.07, 6.45) is 4.80. The Bertz CT molecular complexity index is 1200. The zero-order chi connectivity index (χ0) is 21.7. The van der Waals surface area contributed by atoms with E-state index in [1.54, 1.807) is 16.7 Å². The Morgan fingerprint density at radius 1 is 1.16 bits per heavy atom. The molecule has 1 aromatic carbocycles. The number of nitrogens with zero attached hydrogens (tertiary/aromatic N) is 4. The van der Waals surface area contributed by atoms with E-state index in [1.807, 2.05) is 12.3 Å². The van der Waals surface area contributed by atoms with Crippen LogP contribution in [0.4, 0.5) is 5.69 Å². The molecule has 0 bridgehead atoms. The number of benzene rings is 1. The van der Waals surface area contributed by atoms with Gasteiger partial charge >= 0.3 is 0 Å². The lowest BCUT2D eigenvalue weighted by Gasteiger charge is -2.55. The normalized spacial score (nSPS) is 21.7. The molecule has 2 saturated heterocycles. The van der Waals surface area contributed by atoms with Gasteiger partial charge in [-0.05, 0) is 38.0 Å². The van der Waals surface area contributed by atoms with Crippen molar-refractivity contribution < 1.29 is 4.74 Å². The molecule has 1 spiro atoms. The number of hydrogen-bond donors (Lipinski definition) is 1. The predicted octanol–water partition coefficient (Wildman–Crippen LogP) is 2.52. The summed E-state index contributed by atoms with van der Waals surface area (Å²) in [5.74, 6) is 1.07. The van der Waals surface area contributed by atoms with Crippen LogP contribution in [0.25, 0.3) is 11.0 Å². The fraction of sp³-hybridized carbons (Fsp3) is 0.520. The molecule has 0 radical (unpaired) electrons. The quantitative estimate of drug-likeness (QED) is 0.647. The molecule has 32 heavy (non-hydrogen) atoms. The van der Waals surface area contributed by atoms with Crippen LogP contribution in [0.5, 0.6) is 0 Å². The van der Waals surface area contributed by atoms with Gasteiger partial charge in [-0.3, -0.25) is 4.79 Å². The average Bonchev–Trinajstić information content (AvgIpc) is 3.08. The molecule has 3 aliphatic rings. The smallest absolute Gasteiger partial charge is 0.250 e. The third kappa shape index (κ3) is 3.44. The van der Waals surface area contributed by atoms with Crippen molar-refractivity contribution in [2.45, 2.75) is 45.3 Å². The van der Waals surface area contributed by atoms with Crippen LogP contribution in [0, 0.1) is 5.41 Å². The van der Waals surface area contributed by atoms with E-state index in [9.17, 15) is 4.79 Å². The fourth-order valence-corrected chi connectivity index (χ4v) is 5.56. The highest BCUT2D eigenvalue weighted by atomic mass is 16.5. The van der Waals surface area contributed by atoms with Crippen molar-refractivity contribution >= 4 is 16.7 Å². The molecule has 3 aromatic rings. The largest absolute Gasteiger partial charge is 0.382 e. The highest BCUT2D eigenvalue weighted by Gasteiger charge is 2.48. The van der Waals surface area contributed by atoms with E-state index in [0.29, 0.717) is 18.0 Å². The van der Waals surface area contributed by atoms with Crippen molar-refractivity contribution in [3.05, 3.63) is 58.3 Å². The lowest BCUT2D eigenvalue weighted by Crippen LogP contribution is -2.66. The summed E-state index contributed by atoms with van der Waals surface area (Å²) in [6.45, 7) is 8.97. The summed E-state index contributed by atoms with van der Waals surface area (Å²) >= 11 is 0. The number of rotatable bonds is 6. The van der Waals surface area contributed by atoms with Crippen LogP contribution in [0.15, 0.2) is 41.3 Å². The van der Waals surface area contributed by atoms with Crippen molar-refractivity contribution in [2.24, 2.45) is 5.41 Å². The van der Waals surface area contributed by atoms with Crippen LogP contribution >= 0.6 is 0 Å². The Morgan fingerprint density at radius 3 is 2.81 bits per heavy atom. The van der Waals surface area contributed by atoms with Crippen LogP contribution in [0.3, 0.4) is 0 Å². The third-order valence-electron chi connectivity index (χ3n) is 7.38. The molecular weight excluding hydrogens is 402 g/mol. The highest BCUT2D eigenvalue weighted by Crippen LogP contribution is 2.37. The van der Waals surface area contributed by atoms with Gasteiger partial charge < -0.3 is 24.1 Å². The Balaban J connectivity index is 1.29. The van der Waals surface area contributed by atoms with Crippen molar-refractivity contribution in [3.8, 4) is 0 Å². The number of imidazole rings is 1. The number of ether oxygens (including phenoxy) is 1. The zero-order valence-corrected chi connectivity index (χ0v) is 18.7. The third-order valence-corrected chi connectivity index (χ3v) is 7.38. The lowest BCUT2D eigenvalue weighted by atomic mass is 9.78. The zero-order valence-electron chi connectivity index (χ0n) is 18.7. The van der Waals surface area contributed by atoms with E-state index in [0.717, 1.165) is 70.0 Å². The van der Waals surface area contributed by atoms with Crippen LogP contribution in [0.1, 0.15) is 24.7 Å². The second-order valence-electron chi connectivity index (χ2n) is 9.91. The predicted molar refractivity (Wildman–Crippen MR) is 125 cm³/mol. The molecule has 7 nitrogen and oxygen atoms in total. The van der Waals surface area contributed by atoms with Crippen molar-refractivity contribution in [2.75, 3.05) is 38.2 Å². The first-order chi connectivity index (χ1) is 15.6. The first-order valence-corrected chi connectivity index (χ1v) is 11.8. The topological polar surface area (TPSA) is 64.3 Å². The highest BCUT2D eigenvalue weighted by molar-refractivity contribution is 5.86. The van der Waals surface area contributed by atoms with E-state index < -0.39 is 0 Å². The SMILES string of the molecule is C[C@H]1CCc2c(ccc3c2nc(CCn2ccccc2=O)n3CCN2CC3(COC3)C2)N1. The van der Waals surface area contributed by atoms with Crippen molar-refractivity contribution in [1.29, 1.82) is 0 Å². The van der Waals surface area contributed by atoms with Gasteiger partial charge in [0.2, 0.25) is 0 Å². The molecular formula is C25H31N5O2. The van der Waals surface area contributed by atoms with Crippen molar-refractivity contribution in [1.82, 2.24) is 19.0 Å². The number of nitrogens with one attached hydrogen (secondary N) is 1. The molecule has 2 fully saturated rings. The fourth-order valence-electron chi connectivity index (χ4n) is 5.56. The van der Waals surface area contributed by atoms with Crippen LogP contribution in [0.2, 0.25) is 0 Å². The minimum Gasteiger partial charge on any atom is -0.382 e. The van der Waals surface area contributed by atoms with Gasteiger partial charge in [-0.2, -0.15) is 0 Å². The van der Waals surface area contributed by atoms with Gasteiger partial charge in [0.1, 0.15) is 5.82 Å². The minimum absolute atomic E-state index is 0.0410. The van der Waals surface area contributed by atoms with E-state index in [1.165, 1.54) is 16.8 Å². The number of hydrogen-bond acceptors (Lipinski definition) is 5. The molecule has 0 unspecified atom stereocenters. The average molecular weight is 434 g/mol. The molecule has 168 valence electrons. The van der Waals surface area contributed by atoms with Gasteiger partial charge in [-0.1, -0.05) is 6.07 Å². The first-order valence-electron chi connectivity index (χ1n) is 11.8. The number of likely N-dealkylation sites (tertiary alicyclic amines) is 1. The summed E-state index contributed by atoms with van der Waals surface area (Å²) in [7, 11) is 0. The molecule has 3 aliphatic heterocycles. The van der Waals surface area contributed by atoms with Crippen molar-refractivity contribution in [3.63, 3.8) is 0 Å².